The van der Waals surface area contributed by atoms with E-state index >= 15 is 0 Å². The van der Waals surface area contributed by atoms with E-state index in [1.165, 1.54) is 5.56 Å². The van der Waals surface area contributed by atoms with Crippen LogP contribution in [0.25, 0.3) is 10.9 Å². The summed E-state index contributed by atoms with van der Waals surface area (Å²) in [6, 6.07) is 16.4. The van der Waals surface area contributed by atoms with Gasteiger partial charge < -0.3 is 5.73 Å². The van der Waals surface area contributed by atoms with Gasteiger partial charge in [0.1, 0.15) is 0 Å². The monoisotopic (exact) mass is 329 g/mol. The number of halogens is 1. The van der Waals surface area contributed by atoms with Crippen LogP contribution in [0.4, 0.5) is 0 Å². The lowest BCUT2D eigenvalue weighted by atomic mass is 10.0. The number of hydrogen-bond acceptors (Lipinski definition) is 2. The lowest BCUT2D eigenvalue weighted by Crippen LogP contribution is -2.14. The highest BCUT2D eigenvalue weighted by molar-refractivity contribution is 9.10. The molecule has 20 heavy (non-hydrogen) atoms. The van der Waals surface area contributed by atoms with Gasteiger partial charge in [0.2, 0.25) is 0 Å². The summed E-state index contributed by atoms with van der Waals surface area (Å²) in [5, 5.41) is 5.72. The molecule has 0 aliphatic carbocycles. The van der Waals surface area contributed by atoms with Gasteiger partial charge in [0, 0.05) is 16.9 Å². The molecule has 0 spiro atoms. The highest BCUT2D eigenvalue weighted by Crippen LogP contribution is 2.24. The smallest absolute Gasteiger partial charge is 0.0873 e. The Morgan fingerprint density at radius 1 is 1.15 bits per heavy atom. The third kappa shape index (κ3) is 2.49. The van der Waals surface area contributed by atoms with E-state index in [-0.39, 0.29) is 6.04 Å². The molecule has 3 aromatic rings. The highest BCUT2D eigenvalue weighted by atomic mass is 79.9. The van der Waals surface area contributed by atoms with Gasteiger partial charge in [0.25, 0.3) is 0 Å². The van der Waals surface area contributed by atoms with Gasteiger partial charge in [0.05, 0.1) is 17.3 Å². The predicted molar refractivity (Wildman–Crippen MR) is 85.5 cm³/mol. The van der Waals surface area contributed by atoms with Crippen molar-refractivity contribution in [1.29, 1.82) is 0 Å². The van der Waals surface area contributed by atoms with Gasteiger partial charge in [0.15, 0.2) is 0 Å². The van der Waals surface area contributed by atoms with Crippen molar-refractivity contribution in [2.75, 3.05) is 0 Å². The van der Waals surface area contributed by atoms with E-state index < -0.39 is 0 Å². The first-order valence-electron chi connectivity index (χ1n) is 6.57. The maximum atomic E-state index is 6.36. The van der Waals surface area contributed by atoms with Gasteiger partial charge in [-0.2, -0.15) is 5.10 Å². The number of aromatic nitrogens is 2. The van der Waals surface area contributed by atoms with Crippen LogP contribution in [0, 0.1) is 0 Å². The number of para-hydroxylation sites is 1. The van der Waals surface area contributed by atoms with Gasteiger partial charge >= 0.3 is 0 Å². The van der Waals surface area contributed by atoms with Gasteiger partial charge in [-0.15, -0.1) is 0 Å². The number of fused-ring (bicyclic) bond motifs is 1. The van der Waals surface area contributed by atoms with E-state index in [4.69, 9.17) is 5.73 Å². The van der Waals surface area contributed by atoms with Crippen LogP contribution in [0.15, 0.2) is 53.0 Å². The number of rotatable bonds is 3. The third-order valence-corrected chi connectivity index (χ3v) is 4.04. The fourth-order valence-corrected chi connectivity index (χ4v) is 2.75. The number of nitrogens with zero attached hydrogens (tertiary/aromatic N) is 2. The standard InChI is InChI=1S/C16H16BrN3/c1-20-15-5-3-2-4-13(15)16(19-20)14(18)10-11-6-8-12(17)9-7-11/h2-9,14H,10,18H2,1H3. The van der Waals surface area contributed by atoms with Crippen LogP contribution >= 0.6 is 15.9 Å². The lowest BCUT2D eigenvalue weighted by molar-refractivity contribution is 0.665. The third-order valence-electron chi connectivity index (χ3n) is 3.51. The van der Waals surface area contributed by atoms with E-state index in [0.29, 0.717) is 0 Å². The molecule has 0 saturated heterocycles. The Labute approximate surface area is 126 Å². The van der Waals surface area contributed by atoms with Gasteiger partial charge in [-0.05, 0) is 30.2 Å². The molecule has 1 unspecified atom stereocenters. The number of aryl methyl sites for hydroxylation is 1. The summed E-state index contributed by atoms with van der Waals surface area (Å²) in [4.78, 5) is 0. The van der Waals surface area contributed by atoms with Crippen molar-refractivity contribution in [3.63, 3.8) is 0 Å². The molecule has 1 aromatic heterocycles. The van der Waals surface area contributed by atoms with Crippen LogP contribution in [-0.4, -0.2) is 9.78 Å². The van der Waals surface area contributed by atoms with Crippen molar-refractivity contribution in [3.8, 4) is 0 Å². The van der Waals surface area contributed by atoms with Crippen molar-refractivity contribution >= 4 is 26.8 Å². The van der Waals surface area contributed by atoms with Gasteiger partial charge in [-0.1, -0.05) is 46.3 Å². The fraction of sp³-hybridized carbons (Fsp3) is 0.188. The van der Waals surface area contributed by atoms with Crippen molar-refractivity contribution in [3.05, 3.63) is 64.3 Å². The molecule has 2 aromatic carbocycles. The van der Waals surface area contributed by atoms with E-state index in [9.17, 15) is 0 Å². The summed E-state index contributed by atoms with van der Waals surface area (Å²) in [6.07, 6.45) is 0.786. The van der Waals surface area contributed by atoms with Crippen LogP contribution in [-0.2, 0) is 13.5 Å². The van der Waals surface area contributed by atoms with Crippen molar-refractivity contribution in [2.24, 2.45) is 12.8 Å². The average molecular weight is 330 g/mol. The Morgan fingerprint density at radius 3 is 2.60 bits per heavy atom. The van der Waals surface area contributed by atoms with Crippen LogP contribution < -0.4 is 5.73 Å². The molecule has 1 atom stereocenters. The zero-order valence-electron chi connectivity index (χ0n) is 11.3. The molecule has 2 N–H and O–H groups in total. The molecule has 102 valence electrons. The zero-order chi connectivity index (χ0) is 14.1. The second-order valence-corrected chi connectivity index (χ2v) is 5.88. The first-order valence-corrected chi connectivity index (χ1v) is 7.36. The Morgan fingerprint density at radius 2 is 1.85 bits per heavy atom. The molecule has 1 heterocycles. The summed E-state index contributed by atoms with van der Waals surface area (Å²) >= 11 is 3.45. The van der Waals surface area contributed by atoms with Crippen LogP contribution in [0.5, 0.6) is 0 Å². The number of nitrogens with two attached hydrogens (primary N) is 1. The summed E-state index contributed by atoms with van der Waals surface area (Å²) in [7, 11) is 1.96. The molecule has 0 radical (unpaired) electrons. The summed E-state index contributed by atoms with van der Waals surface area (Å²) in [5.74, 6) is 0. The van der Waals surface area contributed by atoms with E-state index in [1.807, 2.05) is 36.0 Å². The maximum Gasteiger partial charge on any atom is 0.0873 e. The van der Waals surface area contributed by atoms with Crippen LogP contribution in [0.2, 0.25) is 0 Å². The molecule has 0 aliphatic rings. The second-order valence-electron chi connectivity index (χ2n) is 4.96. The largest absolute Gasteiger partial charge is 0.322 e. The minimum Gasteiger partial charge on any atom is -0.322 e. The number of benzene rings is 2. The fourth-order valence-electron chi connectivity index (χ4n) is 2.49. The van der Waals surface area contributed by atoms with Crippen LogP contribution in [0.1, 0.15) is 17.3 Å². The lowest BCUT2D eigenvalue weighted by Gasteiger charge is -2.09. The molecule has 0 bridgehead atoms. The predicted octanol–water partition coefficient (Wildman–Crippen LogP) is 3.58. The minimum atomic E-state index is -0.0951. The van der Waals surface area contributed by atoms with Crippen LogP contribution in [0.3, 0.4) is 0 Å². The van der Waals surface area contributed by atoms with Crippen molar-refractivity contribution < 1.29 is 0 Å². The van der Waals surface area contributed by atoms with E-state index in [0.717, 1.165) is 27.5 Å². The molecule has 0 saturated carbocycles. The van der Waals surface area contributed by atoms with Gasteiger partial charge in [-0.25, -0.2) is 0 Å². The molecule has 3 nitrogen and oxygen atoms in total. The van der Waals surface area contributed by atoms with Crippen molar-refractivity contribution in [1.82, 2.24) is 9.78 Å². The quantitative estimate of drug-likeness (QED) is 0.798. The summed E-state index contributed by atoms with van der Waals surface area (Å²) < 4.78 is 2.98. The average Bonchev–Trinajstić information content (AvgIpc) is 2.79. The second kappa shape index (κ2) is 5.38. The molecule has 0 amide bonds. The highest BCUT2D eigenvalue weighted by Gasteiger charge is 2.15. The topological polar surface area (TPSA) is 43.8 Å². The minimum absolute atomic E-state index is 0.0951. The first kappa shape index (κ1) is 13.3. The Kier molecular flexibility index (Phi) is 3.59. The first-order chi connectivity index (χ1) is 9.65. The Bertz CT molecular complexity index is 731. The normalized spacial score (nSPS) is 12.8. The molecular formula is C16H16BrN3. The molecule has 3 rings (SSSR count). The van der Waals surface area contributed by atoms with Gasteiger partial charge in [-0.3, -0.25) is 4.68 Å². The zero-order valence-corrected chi connectivity index (χ0v) is 12.8. The molecule has 0 aliphatic heterocycles. The molecule has 0 fully saturated rings. The SMILES string of the molecule is Cn1nc(C(N)Cc2ccc(Br)cc2)c2ccccc21. The summed E-state index contributed by atoms with van der Waals surface area (Å²) in [6.45, 7) is 0. The van der Waals surface area contributed by atoms with Crippen molar-refractivity contribution in [2.45, 2.75) is 12.5 Å². The van der Waals surface area contributed by atoms with E-state index in [1.54, 1.807) is 0 Å². The Balaban J connectivity index is 1.92. The van der Waals surface area contributed by atoms with E-state index in [2.05, 4.69) is 45.3 Å². The molecular weight excluding hydrogens is 314 g/mol. The molecule has 4 heteroatoms. The summed E-state index contributed by atoms with van der Waals surface area (Å²) in [5.41, 5.74) is 9.66. The number of hydrogen-bond donors (Lipinski definition) is 1. The maximum absolute atomic E-state index is 6.36. The Hall–Kier alpha value is -1.65.